The Morgan fingerprint density at radius 3 is 1.58 bits per heavy atom. The fourth-order valence-electron chi connectivity index (χ4n) is 5.19. The molecule has 0 amide bonds. The van der Waals surface area contributed by atoms with Crippen molar-refractivity contribution in [2.24, 2.45) is 0 Å². The zero-order valence-corrected chi connectivity index (χ0v) is 18.2. The number of hydrogen-bond donors (Lipinski definition) is 0. The Labute approximate surface area is 195 Å². The Bertz CT molecular complexity index is 1440. The Morgan fingerprint density at radius 2 is 0.909 bits per heavy atom. The molecule has 154 valence electrons. The summed E-state index contributed by atoms with van der Waals surface area (Å²) in [4.78, 5) is 0. The van der Waals surface area contributed by atoms with Gasteiger partial charge >= 0.3 is 0 Å². The Hall–Kier alpha value is -4.34. The molecule has 0 radical (unpaired) electrons. The third-order valence-electron chi connectivity index (χ3n) is 6.58. The van der Waals surface area contributed by atoms with E-state index in [9.17, 15) is 0 Å². The zero-order valence-electron chi connectivity index (χ0n) is 18.2. The molecule has 1 aliphatic rings. The molecule has 0 heteroatoms. The molecule has 33 heavy (non-hydrogen) atoms. The van der Waals surface area contributed by atoms with Crippen LogP contribution in [0, 0.1) is 11.8 Å². The molecule has 0 heterocycles. The van der Waals surface area contributed by atoms with Crippen molar-refractivity contribution in [3.8, 4) is 23.0 Å². The topological polar surface area (TPSA) is 0 Å². The van der Waals surface area contributed by atoms with E-state index in [1.807, 2.05) is 18.2 Å². The molecule has 0 unspecified atom stereocenters. The first-order valence-electron chi connectivity index (χ1n) is 11.3. The molecular weight excluding hydrogens is 396 g/mol. The predicted octanol–water partition coefficient (Wildman–Crippen LogP) is 7.45. The van der Waals surface area contributed by atoms with Gasteiger partial charge in [0, 0.05) is 11.1 Å². The minimum Gasteiger partial charge on any atom is -0.0622 e. The summed E-state index contributed by atoms with van der Waals surface area (Å²) in [7, 11) is 0. The molecule has 0 N–H and O–H groups in total. The van der Waals surface area contributed by atoms with Gasteiger partial charge in [0.05, 0.1) is 5.41 Å². The molecule has 0 saturated heterocycles. The highest BCUT2D eigenvalue weighted by atomic mass is 14.5. The standard InChI is InChI=1S/C33H22/c1-4-12-25(13-5-1)20-21-26-22-23-30-29-18-10-11-19-31(29)33(32(30)24-26,27-14-6-2-7-15-27)28-16-8-3-9-17-28/h1-19,22-24H. The SMILES string of the molecule is C(#Cc1ccc2c(c1)C(c1ccccc1)(c1ccccc1)c1ccccc1-2)c1ccccc1. The molecule has 5 aromatic rings. The largest absolute Gasteiger partial charge is 0.0714 e. The van der Waals surface area contributed by atoms with Crippen LogP contribution in [0.15, 0.2) is 133 Å². The van der Waals surface area contributed by atoms with E-state index in [4.69, 9.17) is 0 Å². The fraction of sp³-hybridized carbons (Fsp3) is 0.0303. The lowest BCUT2D eigenvalue weighted by molar-refractivity contribution is 0.768. The average Bonchev–Trinajstić information content (AvgIpc) is 3.20. The summed E-state index contributed by atoms with van der Waals surface area (Å²) in [6.07, 6.45) is 0. The lowest BCUT2D eigenvalue weighted by Crippen LogP contribution is -2.28. The van der Waals surface area contributed by atoms with Crippen LogP contribution in [0.2, 0.25) is 0 Å². The second kappa shape index (κ2) is 7.97. The van der Waals surface area contributed by atoms with Crippen LogP contribution in [0.1, 0.15) is 33.4 Å². The highest BCUT2D eigenvalue weighted by Gasteiger charge is 2.45. The van der Waals surface area contributed by atoms with Gasteiger partial charge in [0.25, 0.3) is 0 Å². The van der Waals surface area contributed by atoms with Gasteiger partial charge in [-0.2, -0.15) is 0 Å². The van der Waals surface area contributed by atoms with E-state index in [1.54, 1.807) is 0 Å². The molecule has 0 spiro atoms. The summed E-state index contributed by atoms with van der Waals surface area (Å²) in [6, 6.07) is 47.4. The van der Waals surface area contributed by atoms with Crippen molar-refractivity contribution in [1.29, 1.82) is 0 Å². The first-order chi connectivity index (χ1) is 16.4. The summed E-state index contributed by atoms with van der Waals surface area (Å²) in [5.74, 6) is 6.74. The van der Waals surface area contributed by atoms with Crippen LogP contribution in [0.3, 0.4) is 0 Å². The van der Waals surface area contributed by atoms with E-state index in [0.29, 0.717) is 0 Å². The maximum atomic E-state index is 3.41. The highest BCUT2D eigenvalue weighted by Crippen LogP contribution is 2.56. The van der Waals surface area contributed by atoms with Gasteiger partial charge in [-0.15, -0.1) is 0 Å². The second-order valence-electron chi connectivity index (χ2n) is 8.40. The van der Waals surface area contributed by atoms with E-state index in [0.717, 1.165) is 11.1 Å². The van der Waals surface area contributed by atoms with Gasteiger partial charge in [0.2, 0.25) is 0 Å². The molecule has 0 aromatic heterocycles. The fourth-order valence-corrected chi connectivity index (χ4v) is 5.19. The third kappa shape index (κ3) is 3.10. The normalized spacial score (nSPS) is 12.8. The first-order valence-corrected chi connectivity index (χ1v) is 11.3. The van der Waals surface area contributed by atoms with Crippen LogP contribution in [0.25, 0.3) is 11.1 Å². The van der Waals surface area contributed by atoms with Crippen molar-refractivity contribution in [3.05, 3.63) is 167 Å². The molecule has 0 saturated carbocycles. The molecule has 0 bridgehead atoms. The number of rotatable bonds is 2. The van der Waals surface area contributed by atoms with Crippen LogP contribution in [-0.2, 0) is 5.41 Å². The van der Waals surface area contributed by atoms with Crippen molar-refractivity contribution in [1.82, 2.24) is 0 Å². The Morgan fingerprint density at radius 1 is 0.394 bits per heavy atom. The first kappa shape index (κ1) is 19.4. The summed E-state index contributed by atoms with van der Waals surface area (Å²) >= 11 is 0. The summed E-state index contributed by atoms with van der Waals surface area (Å²) < 4.78 is 0. The van der Waals surface area contributed by atoms with E-state index in [-0.39, 0.29) is 5.41 Å². The molecule has 0 atom stereocenters. The molecule has 6 rings (SSSR count). The predicted molar refractivity (Wildman–Crippen MR) is 136 cm³/mol. The smallest absolute Gasteiger partial charge is 0.0622 e. The Kier molecular flexibility index (Phi) is 4.68. The molecule has 1 aliphatic carbocycles. The van der Waals surface area contributed by atoms with E-state index < -0.39 is 0 Å². The van der Waals surface area contributed by atoms with Crippen molar-refractivity contribution < 1.29 is 0 Å². The van der Waals surface area contributed by atoms with Crippen LogP contribution in [-0.4, -0.2) is 0 Å². The quantitative estimate of drug-likeness (QED) is 0.256. The minimum absolute atomic E-state index is 0.376. The van der Waals surface area contributed by atoms with Crippen LogP contribution in [0.5, 0.6) is 0 Å². The maximum absolute atomic E-state index is 3.41. The van der Waals surface area contributed by atoms with Gasteiger partial charge in [0.1, 0.15) is 0 Å². The minimum atomic E-state index is -0.376. The average molecular weight is 419 g/mol. The van der Waals surface area contributed by atoms with E-state index >= 15 is 0 Å². The van der Waals surface area contributed by atoms with Crippen molar-refractivity contribution in [2.75, 3.05) is 0 Å². The van der Waals surface area contributed by atoms with Gasteiger partial charge in [-0.3, -0.25) is 0 Å². The van der Waals surface area contributed by atoms with Gasteiger partial charge in [0.15, 0.2) is 0 Å². The molecule has 0 fully saturated rings. The lowest BCUT2D eigenvalue weighted by atomic mass is 9.67. The highest BCUT2D eigenvalue weighted by molar-refractivity contribution is 5.86. The van der Waals surface area contributed by atoms with Gasteiger partial charge < -0.3 is 0 Å². The van der Waals surface area contributed by atoms with Gasteiger partial charge in [-0.25, -0.2) is 0 Å². The van der Waals surface area contributed by atoms with E-state index in [1.165, 1.54) is 33.4 Å². The number of fused-ring (bicyclic) bond motifs is 3. The monoisotopic (exact) mass is 418 g/mol. The third-order valence-corrected chi connectivity index (χ3v) is 6.58. The molecule has 5 aromatic carbocycles. The van der Waals surface area contributed by atoms with Crippen LogP contribution in [0.4, 0.5) is 0 Å². The molecule has 0 aliphatic heterocycles. The molecule has 0 nitrogen and oxygen atoms in total. The maximum Gasteiger partial charge on any atom is 0.0714 e. The zero-order chi connectivity index (χ0) is 22.1. The van der Waals surface area contributed by atoms with E-state index in [2.05, 4.69) is 127 Å². The summed E-state index contributed by atoms with van der Waals surface area (Å²) in [5, 5.41) is 0. The molecular formula is C33H22. The van der Waals surface area contributed by atoms with Gasteiger partial charge in [-0.05, 0) is 57.6 Å². The number of benzene rings is 5. The lowest BCUT2D eigenvalue weighted by Gasteiger charge is -2.33. The second-order valence-corrected chi connectivity index (χ2v) is 8.40. The van der Waals surface area contributed by atoms with Crippen LogP contribution < -0.4 is 0 Å². The Balaban J connectivity index is 1.65. The van der Waals surface area contributed by atoms with Gasteiger partial charge in [-0.1, -0.05) is 121 Å². The number of hydrogen-bond acceptors (Lipinski definition) is 0. The van der Waals surface area contributed by atoms with Crippen molar-refractivity contribution in [2.45, 2.75) is 5.41 Å². The summed E-state index contributed by atoms with van der Waals surface area (Å²) in [5.41, 5.74) is 9.42. The van der Waals surface area contributed by atoms with Crippen LogP contribution >= 0.6 is 0 Å². The van der Waals surface area contributed by atoms with Crippen molar-refractivity contribution >= 4 is 0 Å². The summed E-state index contributed by atoms with van der Waals surface area (Å²) in [6.45, 7) is 0. The van der Waals surface area contributed by atoms with Crippen molar-refractivity contribution in [3.63, 3.8) is 0 Å².